The highest BCUT2D eigenvalue weighted by Crippen LogP contribution is 2.50. The number of carbonyl (C=O) groups is 2. The van der Waals surface area contributed by atoms with Crippen LogP contribution in [-0.2, 0) is 31.3 Å². The topological polar surface area (TPSA) is 52.6 Å². The molecule has 0 aliphatic heterocycles. The average Bonchev–Trinajstić information content (AvgIpc) is 2.80. The number of benzene rings is 2. The minimum Gasteiger partial charge on any atom is -0.417 e. The first-order valence-corrected chi connectivity index (χ1v) is 8.73. The van der Waals surface area contributed by atoms with Gasteiger partial charge in [-0.3, -0.25) is 9.59 Å². The standard InChI is InChI=1S/C19H17IO4/c1-12(21)23-19(24-13(2)22)17-9-4-3-6-15(17)11-18(19)14-7-5-8-16(20)10-14/h3-10,18H,11H2,1-2H3/t18-/m1/s1. The van der Waals surface area contributed by atoms with Gasteiger partial charge in [0, 0.05) is 23.0 Å². The van der Waals surface area contributed by atoms with Gasteiger partial charge >= 0.3 is 11.9 Å². The van der Waals surface area contributed by atoms with Crippen LogP contribution in [0.1, 0.15) is 36.5 Å². The van der Waals surface area contributed by atoms with Crippen molar-refractivity contribution in [1.29, 1.82) is 0 Å². The molecular formula is C19H17IO4. The third-order valence-corrected chi connectivity index (χ3v) is 4.79. The van der Waals surface area contributed by atoms with E-state index in [1.165, 1.54) is 13.8 Å². The number of halogens is 1. The highest BCUT2D eigenvalue weighted by atomic mass is 127. The molecule has 0 spiro atoms. The maximum absolute atomic E-state index is 11.8. The van der Waals surface area contributed by atoms with Crippen LogP contribution < -0.4 is 0 Å². The lowest BCUT2D eigenvalue weighted by molar-refractivity contribution is -0.237. The Hall–Kier alpha value is -1.89. The van der Waals surface area contributed by atoms with Crippen LogP contribution in [0.2, 0.25) is 0 Å². The highest BCUT2D eigenvalue weighted by molar-refractivity contribution is 14.1. The lowest BCUT2D eigenvalue weighted by atomic mass is 9.90. The van der Waals surface area contributed by atoms with Crippen molar-refractivity contribution < 1.29 is 19.1 Å². The quantitative estimate of drug-likeness (QED) is 0.416. The minimum atomic E-state index is -1.42. The monoisotopic (exact) mass is 436 g/mol. The van der Waals surface area contributed by atoms with Crippen LogP contribution in [0.5, 0.6) is 0 Å². The molecule has 1 aliphatic carbocycles. The fourth-order valence-corrected chi connectivity index (χ4v) is 3.91. The molecule has 0 saturated heterocycles. The molecule has 1 atom stereocenters. The van der Waals surface area contributed by atoms with Crippen LogP contribution in [-0.4, -0.2) is 11.9 Å². The second-order valence-corrected chi connectivity index (χ2v) is 7.07. The number of hydrogen-bond donors (Lipinski definition) is 0. The van der Waals surface area contributed by atoms with Gasteiger partial charge in [-0.25, -0.2) is 0 Å². The molecule has 0 bridgehead atoms. The summed E-state index contributed by atoms with van der Waals surface area (Å²) in [5.74, 6) is -2.66. The van der Waals surface area contributed by atoms with Crippen LogP contribution in [0, 0.1) is 3.57 Å². The molecule has 5 heteroatoms. The zero-order chi connectivity index (χ0) is 17.3. The van der Waals surface area contributed by atoms with Crippen molar-refractivity contribution in [3.63, 3.8) is 0 Å². The third-order valence-electron chi connectivity index (χ3n) is 4.12. The molecule has 0 amide bonds. The van der Waals surface area contributed by atoms with E-state index in [4.69, 9.17) is 9.47 Å². The van der Waals surface area contributed by atoms with Crippen molar-refractivity contribution in [2.24, 2.45) is 0 Å². The molecule has 1 aliphatic rings. The number of hydrogen-bond acceptors (Lipinski definition) is 4. The van der Waals surface area contributed by atoms with Crippen molar-refractivity contribution in [2.75, 3.05) is 0 Å². The fraction of sp³-hybridized carbons (Fsp3) is 0.263. The molecule has 0 heterocycles. The molecule has 0 radical (unpaired) electrons. The van der Waals surface area contributed by atoms with E-state index in [0.29, 0.717) is 6.42 Å². The van der Waals surface area contributed by atoms with Crippen molar-refractivity contribution in [3.05, 3.63) is 68.8 Å². The Labute approximate surface area is 154 Å². The summed E-state index contributed by atoms with van der Waals surface area (Å²) in [6.45, 7) is 2.66. The summed E-state index contributed by atoms with van der Waals surface area (Å²) < 4.78 is 12.4. The maximum Gasteiger partial charge on any atom is 0.306 e. The number of fused-ring (bicyclic) bond motifs is 1. The second-order valence-electron chi connectivity index (χ2n) is 5.82. The van der Waals surface area contributed by atoms with Crippen LogP contribution in [0.25, 0.3) is 0 Å². The smallest absolute Gasteiger partial charge is 0.306 e. The van der Waals surface area contributed by atoms with Gasteiger partial charge in [-0.05, 0) is 52.3 Å². The Morgan fingerprint density at radius 3 is 2.33 bits per heavy atom. The number of ether oxygens (including phenoxy) is 2. The molecule has 2 aromatic rings. The fourth-order valence-electron chi connectivity index (χ4n) is 3.34. The van der Waals surface area contributed by atoms with Crippen molar-refractivity contribution in [3.8, 4) is 0 Å². The van der Waals surface area contributed by atoms with Crippen LogP contribution in [0.15, 0.2) is 48.5 Å². The summed E-state index contributed by atoms with van der Waals surface area (Å²) >= 11 is 2.24. The van der Waals surface area contributed by atoms with Crippen LogP contribution in [0.4, 0.5) is 0 Å². The molecule has 0 N–H and O–H groups in total. The van der Waals surface area contributed by atoms with E-state index in [9.17, 15) is 9.59 Å². The van der Waals surface area contributed by atoms with Gasteiger partial charge in [0.15, 0.2) is 0 Å². The SMILES string of the molecule is CC(=O)OC1(OC(C)=O)c2ccccc2C[C@@H]1c1cccc(I)c1. The van der Waals surface area contributed by atoms with Gasteiger partial charge in [-0.2, -0.15) is 0 Å². The van der Waals surface area contributed by atoms with Gasteiger partial charge in [-0.15, -0.1) is 0 Å². The van der Waals surface area contributed by atoms with E-state index >= 15 is 0 Å². The first-order chi connectivity index (χ1) is 11.4. The molecular weight excluding hydrogens is 419 g/mol. The first-order valence-electron chi connectivity index (χ1n) is 7.65. The zero-order valence-electron chi connectivity index (χ0n) is 13.4. The Kier molecular flexibility index (Phi) is 4.62. The second kappa shape index (κ2) is 6.55. The molecule has 2 aromatic carbocycles. The maximum atomic E-state index is 11.8. The zero-order valence-corrected chi connectivity index (χ0v) is 15.6. The van der Waals surface area contributed by atoms with E-state index in [-0.39, 0.29) is 5.92 Å². The van der Waals surface area contributed by atoms with E-state index in [0.717, 1.165) is 20.3 Å². The van der Waals surface area contributed by atoms with E-state index in [2.05, 4.69) is 22.6 Å². The van der Waals surface area contributed by atoms with Gasteiger partial charge < -0.3 is 9.47 Å². The molecule has 4 nitrogen and oxygen atoms in total. The number of carbonyl (C=O) groups excluding carboxylic acids is 2. The molecule has 3 rings (SSSR count). The highest BCUT2D eigenvalue weighted by Gasteiger charge is 2.53. The lowest BCUT2D eigenvalue weighted by Crippen LogP contribution is -2.39. The van der Waals surface area contributed by atoms with Crippen molar-refractivity contribution in [2.45, 2.75) is 32.0 Å². The van der Waals surface area contributed by atoms with E-state index in [1.807, 2.05) is 48.5 Å². The summed E-state index contributed by atoms with van der Waals surface area (Å²) in [6, 6.07) is 15.6. The van der Waals surface area contributed by atoms with Gasteiger partial charge in [0.25, 0.3) is 5.79 Å². The van der Waals surface area contributed by atoms with Crippen molar-refractivity contribution >= 4 is 34.5 Å². The third kappa shape index (κ3) is 3.05. The van der Waals surface area contributed by atoms with Gasteiger partial charge in [0.1, 0.15) is 0 Å². The Morgan fingerprint density at radius 1 is 1.04 bits per heavy atom. The summed E-state index contributed by atoms with van der Waals surface area (Å²) in [7, 11) is 0. The molecule has 24 heavy (non-hydrogen) atoms. The number of rotatable bonds is 3. The van der Waals surface area contributed by atoms with Gasteiger partial charge in [0.05, 0.1) is 5.92 Å². The Bertz CT molecular complexity index is 783. The summed E-state index contributed by atoms with van der Waals surface area (Å²) in [4.78, 5) is 23.7. The van der Waals surface area contributed by atoms with Gasteiger partial charge in [0.2, 0.25) is 0 Å². The Balaban J connectivity index is 2.19. The molecule has 0 fully saturated rings. The number of esters is 2. The predicted molar refractivity (Wildman–Crippen MR) is 97.3 cm³/mol. The van der Waals surface area contributed by atoms with Crippen LogP contribution in [0.3, 0.4) is 0 Å². The molecule has 124 valence electrons. The lowest BCUT2D eigenvalue weighted by Gasteiger charge is -2.34. The normalized spacial score (nSPS) is 17.9. The first kappa shape index (κ1) is 17.0. The molecule has 0 aromatic heterocycles. The van der Waals surface area contributed by atoms with Gasteiger partial charge in [-0.1, -0.05) is 36.4 Å². The predicted octanol–water partition coefficient (Wildman–Crippen LogP) is 3.91. The summed E-state index contributed by atoms with van der Waals surface area (Å²) in [5, 5.41) is 0. The molecule has 0 unspecified atom stereocenters. The Morgan fingerprint density at radius 2 is 1.71 bits per heavy atom. The summed E-state index contributed by atoms with van der Waals surface area (Å²) in [5.41, 5.74) is 2.73. The van der Waals surface area contributed by atoms with E-state index < -0.39 is 17.7 Å². The van der Waals surface area contributed by atoms with E-state index in [1.54, 1.807) is 0 Å². The van der Waals surface area contributed by atoms with Crippen LogP contribution >= 0.6 is 22.6 Å². The minimum absolute atomic E-state index is 0.280. The summed E-state index contributed by atoms with van der Waals surface area (Å²) in [6.07, 6.45) is 0.636. The average molecular weight is 436 g/mol. The largest absolute Gasteiger partial charge is 0.417 e. The molecule has 0 saturated carbocycles. The van der Waals surface area contributed by atoms with Crippen molar-refractivity contribution in [1.82, 2.24) is 0 Å².